The van der Waals surface area contributed by atoms with Gasteiger partial charge in [0.2, 0.25) is 0 Å². The Morgan fingerprint density at radius 3 is 2.88 bits per heavy atom. The summed E-state index contributed by atoms with van der Waals surface area (Å²) in [4.78, 5) is 15.7. The predicted molar refractivity (Wildman–Crippen MR) is 100 cm³/mol. The number of carbonyl (C=O) groups excluding carboxylic acids is 1. The molecule has 2 heterocycles. The van der Waals surface area contributed by atoms with Crippen LogP contribution in [-0.2, 0) is 11.3 Å². The lowest BCUT2D eigenvalue weighted by Crippen LogP contribution is -2.51. The van der Waals surface area contributed by atoms with E-state index in [1.165, 1.54) is 11.3 Å². The van der Waals surface area contributed by atoms with E-state index >= 15 is 0 Å². The third kappa shape index (κ3) is 5.78. The number of hydrogen-bond acceptors (Lipinski definition) is 4. The van der Waals surface area contributed by atoms with Gasteiger partial charge in [-0.2, -0.15) is 0 Å². The molecule has 1 atom stereocenters. The number of hydrogen-bond donors (Lipinski definition) is 1. The molecule has 136 valence electrons. The Morgan fingerprint density at radius 1 is 1.46 bits per heavy atom. The highest BCUT2D eigenvalue weighted by Crippen LogP contribution is 2.35. The second kappa shape index (κ2) is 8.34. The van der Waals surface area contributed by atoms with Gasteiger partial charge < -0.3 is 15.0 Å². The van der Waals surface area contributed by atoms with Crippen molar-refractivity contribution < 1.29 is 9.53 Å². The fourth-order valence-electron chi connectivity index (χ4n) is 3.52. The normalized spacial score (nSPS) is 21.8. The lowest BCUT2D eigenvalue weighted by Gasteiger charge is -2.43. The van der Waals surface area contributed by atoms with Crippen LogP contribution in [0.5, 0.6) is 0 Å². The fourth-order valence-corrected chi connectivity index (χ4v) is 4.20. The summed E-state index contributed by atoms with van der Waals surface area (Å²) in [7, 11) is 0. The zero-order chi connectivity index (χ0) is 17.6. The molecule has 0 aromatic carbocycles. The Balaban J connectivity index is 1.95. The van der Waals surface area contributed by atoms with Gasteiger partial charge in [0.15, 0.2) is 0 Å². The molecule has 1 amide bonds. The van der Waals surface area contributed by atoms with E-state index in [0.29, 0.717) is 0 Å². The highest BCUT2D eigenvalue weighted by Gasteiger charge is 2.37. The van der Waals surface area contributed by atoms with Crippen molar-refractivity contribution in [3.8, 4) is 0 Å². The lowest BCUT2D eigenvalue weighted by atomic mass is 9.76. The van der Waals surface area contributed by atoms with Gasteiger partial charge in [-0.3, -0.25) is 0 Å². The monoisotopic (exact) mass is 352 g/mol. The van der Waals surface area contributed by atoms with E-state index < -0.39 is 5.60 Å². The molecule has 0 bridgehead atoms. The largest absolute Gasteiger partial charge is 0.444 e. The highest BCUT2D eigenvalue weighted by atomic mass is 32.1. The summed E-state index contributed by atoms with van der Waals surface area (Å²) in [5.41, 5.74) is -0.263. The molecule has 0 radical (unpaired) electrons. The number of rotatable bonds is 6. The van der Waals surface area contributed by atoms with Gasteiger partial charge in [0.25, 0.3) is 0 Å². The molecule has 1 fully saturated rings. The minimum atomic E-state index is -0.431. The van der Waals surface area contributed by atoms with Crippen molar-refractivity contribution in [1.29, 1.82) is 0 Å². The zero-order valence-corrected chi connectivity index (χ0v) is 16.4. The second-order valence-electron chi connectivity index (χ2n) is 7.94. The molecule has 5 heteroatoms. The minimum absolute atomic E-state index is 0.166. The Hall–Kier alpha value is -1.07. The van der Waals surface area contributed by atoms with Crippen molar-refractivity contribution in [1.82, 2.24) is 10.2 Å². The molecule has 1 aromatic rings. The van der Waals surface area contributed by atoms with Crippen LogP contribution in [0, 0.1) is 5.41 Å². The van der Waals surface area contributed by atoms with Crippen LogP contribution >= 0.6 is 11.3 Å². The molecule has 1 unspecified atom stereocenters. The van der Waals surface area contributed by atoms with Gasteiger partial charge in [-0.1, -0.05) is 19.4 Å². The highest BCUT2D eigenvalue weighted by molar-refractivity contribution is 7.09. The Bertz CT molecular complexity index is 506. The summed E-state index contributed by atoms with van der Waals surface area (Å²) in [5, 5.41) is 5.74. The van der Waals surface area contributed by atoms with Crippen molar-refractivity contribution in [2.24, 2.45) is 5.41 Å². The smallest absolute Gasteiger partial charge is 0.410 e. The molecule has 1 aromatic heterocycles. The van der Waals surface area contributed by atoms with Crippen molar-refractivity contribution in [2.45, 2.75) is 65.5 Å². The molecule has 2 rings (SSSR count). The first-order chi connectivity index (χ1) is 11.3. The molecular weight excluding hydrogens is 320 g/mol. The third-order valence-corrected chi connectivity index (χ3v) is 5.35. The minimum Gasteiger partial charge on any atom is -0.444 e. The molecule has 0 saturated carbocycles. The average molecular weight is 353 g/mol. The average Bonchev–Trinajstić information content (AvgIpc) is 2.99. The standard InChI is InChI=1S/C19H32N2O2S/c1-5-9-19(14-20-13-16-8-6-12-24-16)10-7-11-21(15-19)17(22)23-18(2,3)4/h6,8,12,20H,5,7,9-11,13-15H2,1-4H3. The summed E-state index contributed by atoms with van der Waals surface area (Å²) in [6, 6.07) is 4.26. The number of carbonyl (C=O) groups is 1. The number of ether oxygens (including phenoxy) is 1. The molecule has 1 N–H and O–H groups in total. The molecule has 0 spiro atoms. The molecule has 1 aliphatic heterocycles. The Kier molecular flexibility index (Phi) is 6.70. The van der Waals surface area contributed by atoms with Crippen LogP contribution in [0.2, 0.25) is 0 Å². The zero-order valence-electron chi connectivity index (χ0n) is 15.6. The van der Waals surface area contributed by atoms with Crippen LogP contribution in [0.25, 0.3) is 0 Å². The Labute approximate surface area is 150 Å². The number of amides is 1. The van der Waals surface area contributed by atoms with Gasteiger partial charge in [-0.25, -0.2) is 4.79 Å². The molecule has 1 aliphatic rings. The first kappa shape index (κ1) is 19.3. The van der Waals surface area contributed by atoms with Crippen LogP contribution < -0.4 is 5.32 Å². The summed E-state index contributed by atoms with van der Waals surface area (Å²) >= 11 is 1.79. The van der Waals surface area contributed by atoms with Crippen molar-refractivity contribution >= 4 is 17.4 Å². The molecule has 1 saturated heterocycles. The van der Waals surface area contributed by atoms with Gasteiger partial charge in [-0.15, -0.1) is 11.3 Å². The Morgan fingerprint density at radius 2 is 2.25 bits per heavy atom. The number of piperidine rings is 1. The molecule has 4 nitrogen and oxygen atoms in total. The van der Waals surface area contributed by atoms with E-state index in [4.69, 9.17) is 4.74 Å². The van der Waals surface area contributed by atoms with Gasteiger partial charge in [0.1, 0.15) is 5.60 Å². The summed E-state index contributed by atoms with van der Waals surface area (Å²) < 4.78 is 5.58. The van der Waals surface area contributed by atoms with E-state index in [1.807, 2.05) is 25.7 Å². The van der Waals surface area contributed by atoms with Crippen LogP contribution in [0.15, 0.2) is 17.5 Å². The van der Waals surface area contributed by atoms with Gasteiger partial charge in [0, 0.05) is 36.5 Å². The third-order valence-electron chi connectivity index (χ3n) is 4.47. The topological polar surface area (TPSA) is 41.6 Å². The lowest BCUT2D eigenvalue weighted by molar-refractivity contribution is 0.00236. The van der Waals surface area contributed by atoms with E-state index in [0.717, 1.165) is 45.4 Å². The van der Waals surface area contributed by atoms with Crippen molar-refractivity contribution in [3.05, 3.63) is 22.4 Å². The van der Waals surface area contributed by atoms with Gasteiger partial charge in [-0.05, 0) is 51.5 Å². The first-order valence-corrected chi connectivity index (χ1v) is 9.93. The van der Waals surface area contributed by atoms with Crippen LogP contribution in [0.3, 0.4) is 0 Å². The number of nitrogens with zero attached hydrogens (tertiary/aromatic N) is 1. The quantitative estimate of drug-likeness (QED) is 0.810. The number of thiophene rings is 1. The summed E-state index contributed by atoms with van der Waals surface area (Å²) in [5.74, 6) is 0. The number of nitrogens with one attached hydrogen (secondary N) is 1. The van der Waals surface area contributed by atoms with E-state index in [-0.39, 0.29) is 11.5 Å². The van der Waals surface area contributed by atoms with Gasteiger partial charge in [0.05, 0.1) is 0 Å². The van der Waals surface area contributed by atoms with Crippen LogP contribution in [-0.4, -0.2) is 36.2 Å². The molecular formula is C19H32N2O2S. The fraction of sp³-hybridized carbons (Fsp3) is 0.737. The van der Waals surface area contributed by atoms with Crippen LogP contribution in [0.1, 0.15) is 58.3 Å². The van der Waals surface area contributed by atoms with E-state index in [2.05, 4.69) is 29.8 Å². The molecule has 24 heavy (non-hydrogen) atoms. The van der Waals surface area contributed by atoms with E-state index in [1.54, 1.807) is 11.3 Å². The van der Waals surface area contributed by atoms with Gasteiger partial charge >= 0.3 is 6.09 Å². The summed E-state index contributed by atoms with van der Waals surface area (Å²) in [6.45, 7) is 11.5. The maximum absolute atomic E-state index is 12.5. The van der Waals surface area contributed by atoms with E-state index in [9.17, 15) is 4.79 Å². The predicted octanol–water partition coefficient (Wildman–Crippen LogP) is 4.66. The second-order valence-corrected chi connectivity index (χ2v) is 8.97. The SMILES string of the molecule is CCCC1(CNCc2cccs2)CCCN(C(=O)OC(C)(C)C)C1. The maximum Gasteiger partial charge on any atom is 0.410 e. The maximum atomic E-state index is 12.5. The number of likely N-dealkylation sites (tertiary alicyclic amines) is 1. The van der Waals surface area contributed by atoms with Crippen molar-refractivity contribution in [3.63, 3.8) is 0 Å². The first-order valence-electron chi connectivity index (χ1n) is 9.05. The summed E-state index contributed by atoms with van der Waals surface area (Å²) in [6.07, 6.45) is 4.35. The molecule has 0 aliphatic carbocycles. The van der Waals surface area contributed by atoms with Crippen molar-refractivity contribution in [2.75, 3.05) is 19.6 Å². The van der Waals surface area contributed by atoms with Crippen LogP contribution in [0.4, 0.5) is 4.79 Å².